The van der Waals surface area contributed by atoms with E-state index in [1.54, 1.807) is 6.92 Å². The minimum absolute atomic E-state index is 0.108. The number of carbonyl (C=O) groups is 1. The van der Waals surface area contributed by atoms with E-state index in [1.807, 2.05) is 0 Å². The first-order valence-corrected chi connectivity index (χ1v) is 8.73. The summed E-state index contributed by atoms with van der Waals surface area (Å²) in [5.74, 6) is -0.233. The molecule has 2 aliphatic rings. The lowest BCUT2D eigenvalue weighted by molar-refractivity contribution is -0.168. The van der Waals surface area contributed by atoms with Crippen LogP contribution in [-0.2, 0) is 9.53 Å². The number of allylic oxidation sites excluding steroid dienone is 4. The van der Waals surface area contributed by atoms with Gasteiger partial charge in [0, 0.05) is 5.57 Å². The van der Waals surface area contributed by atoms with Gasteiger partial charge in [-0.25, -0.2) is 4.79 Å². The molecule has 1 aliphatic carbocycles. The normalized spacial score (nSPS) is 38.6. The zero-order valence-electron chi connectivity index (χ0n) is 14.7. The summed E-state index contributed by atoms with van der Waals surface area (Å²) in [6.45, 7) is 10.0. The van der Waals surface area contributed by atoms with Gasteiger partial charge in [-0.05, 0) is 71.6 Å². The molecule has 0 aromatic carbocycles. The Hall–Kier alpha value is -1.35. The molecule has 2 bridgehead atoms. The molecule has 0 aromatic rings. The van der Waals surface area contributed by atoms with E-state index in [-0.39, 0.29) is 11.9 Å². The van der Waals surface area contributed by atoms with Crippen molar-refractivity contribution in [1.82, 2.24) is 0 Å². The van der Waals surface area contributed by atoms with Crippen LogP contribution < -0.4 is 0 Å². The van der Waals surface area contributed by atoms with Crippen LogP contribution in [0.15, 0.2) is 35.5 Å². The minimum atomic E-state index is -0.986. The molecule has 1 saturated heterocycles. The zero-order chi connectivity index (χ0) is 17.0. The van der Waals surface area contributed by atoms with Crippen molar-refractivity contribution >= 4 is 5.97 Å². The molecule has 23 heavy (non-hydrogen) atoms. The highest BCUT2D eigenvalue weighted by molar-refractivity contribution is 5.89. The summed E-state index contributed by atoms with van der Waals surface area (Å²) in [5.41, 5.74) is 2.30. The van der Waals surface area contributed by atoms with E-state index in [4.69, 9.17) is 4.74 Å². The molecule has 0 saturated carbocycles. The third kappa shape index (κ3) is 4.81. The third-order valence-electron chi connectivity index (χ3n) is 5.26. The number of rotatable bonds is 0. The molecule has 3 nitrogen and oxygen atoms in total. The number of fused-ring (bicyclic) bond motifs is 2. The molecule has 0 unspecified atom stereocenters. The molecule has 0 aromatic heterocycles. The SMILES string of the molecule is C=C1C(=O)O[C@H]2C[C@@H]1CC/C(C)=C\CC/C(C)=C\CC[C@@]2(C)O. The van der Waals surface area contributed by atoms with Gasteiger partial charge in [-0.3, -0.25) is 0 Å². The molecule has 3 heteroatoms. The molecule has 128 valence electrons. The molecule has 3 atom stereocenters. The summed E-state index contributed by atoms with van der Waals surface area (Å²) in [6, 6.07) is 0. The van der Waals surface area contributed by atoms with E-state index in [0.29, 0.717) is 18.4 Å². The maximum Gasteiger partial charge on any atom is 0.334 e. The second-order valence-electron chi connectivity index (χ2n) is 7.43. The molecule has 1 N–H and O–H groups in total. The van der Waals surface area contributed by atoms with E-state index >= 15 is 0 Å². The summed E-state index contributed by atoms with van der Waals surface area (Å²) in [7, 11) is 0. The van der Waals surface area contributed by atoms with Crippen LogP contribution >= 0.6 is 0 Å². The summed E-state index contributed by atoms with van der Waals surface area (Å²) < 4.78 is 5.47. The Labute approximate surface area is 140 Å². The van der Waals surface area contributed by atoms with E-state index < -0.39 is 11.7 Å². The van der Waals surface area contributed by atoms with Crippen molar-refractivity contribution in [2.45, 2.75) is 77.4 Å². The van der Waals surface area contributed by atoms with Gasteiger partial charge in [0.2, 0.25) is 0 Å². The average Bonchev–Trinajstić information content (AvgIpc) is 2.47. The van der Waals surface area contributed by atoms with Crippen LogP contribution in [0.5, 0.6) is 0 Å². The summed E-state index contributed by atoms with van der Waals surface area (Å²) in [6.07, 6.45) is 10.1. The second kappa shape index (κ2) is 7.48. The van der Waals surface area contributed by atoms with Crippen molar-refractivity contribution in [2.75, 3.05) is 0 Å². The summed E-state index contributed by atoms with van der Waals surface area (Å²) >= 11 is 0. The van der Waals surface area contributed by atoms with Crippen molar-refractivity contribution in [3.63, 3.8) is 0 Å². The van der Waals surface area contributed by atoms with Gasteiger partial charge < -0.3 is 9.84 Å². The molecule has 1 aliphatic heterocycles. The van der Waals surface area contributed by atoms with Gasteiger partial charge in [0.25, 0.3) is 0 Å². The largest absolute Gasteiger partial charge is 0.456 e. The fourth-order valence-corrected chi connectivity index (χ4v) is 3.42. The van der Waals surface area contributed by atoms with Crippen LogP contribution in [0, 0.1) is 5.92 Å². The lowest BCUT2D eigenvalue weighted by atomic mass is 9.79. The Morgan fingerprint density at radius 3 is 2.61 bits per heavy atom. The van der Waals surface area contributed by atoms with Crippen LogP contribution in [0.25, 0.3) is 0 Å². The number of aliphatic hydroxyl groups is 1. The fraction of sp³-hybridized carbons (Fsp3) is 0.650. The molecule has 1 fully saturated rings. The molecule has 0 amide bonds. The summed E-state index contributed by atoms with van der Waals surface area (Å²) in [4.78, 5) is 12.1. The lowest BCUT2D eigenvalue weighted by Gasteiger charge is -2.38. The second-order valence-corrected chi connectivity index (χ2v) is 7.43. The van der Waals surface area contributed by atoms with E-state index in [1.165, 1.54) is 11.1 Å². The highest BCUT2D eigenvalue weighted by atomic mass is 16.6. The predicted octanol–water partition coefficient (Wildman–Crippen LogP) is 4.47. The number of hydrogen-bond donors (Lipinski definition) is 1. The molecule has 1 heterocycles. The maximum absolute atomic E-state index is 12.1. The van der Waals surface area contributed by atoms with Crippen LogP contribution in [-0.4, -0.2) is 22.8 Å². The molecule has 0 spiro atoms. The van der Waals surface area contributed by atoms with E-state index in [2.05, 4.69) is 32.6 Å². The van der Waals surface area contributed by atoms with Crippen LogP contribution in [0.2, 0.25) is 0 Å². The van der Waals surface area contributed by atoms with Crippen molar-refractivity contribution in [1.29, 1.82) is 0 Å². The quantitative estimate of drug-likeness (QED) is 0.407. The number of ether oxygens (including phenoxy) is 1. The van der Waals surface area contributed by atoms with Crippen LogP contribution in [0.1, 0.15) is 65.7 Å². The Bertz CT molecular complexity index is 525. The highest BCUT2D eigenvalue weighted by Crippen LogP contribution is 2.36. The molecule has 0 radical (unpaired) electrons. The number of hydrogen-bond acceptors (Lipinski definition) is 3. The Kier molecular flexibility index (Phi) is 5.85. The highest BCUT2D eigenvalue weighted by Gasteiger charge is 2.41. The molecule has 2 rings (SSSR count). The fourth-order valence-electron chi connectivity index (χ4n) is 3.42. The van der Waals surface area contributed by atoms with Gasteiger partial charge in [-0.2, -0.15) is 0 Å². The first-order chi connectivity index (χ1) is 10.8. The van der Waals surface area contributed by atoms with Crippen molar-refractivity contribution in [2.24, 2.45) is 5.92 Å². The standard InChI is InChI=1S/C20H30O3/c1-14-7-5-8-15(2)10-11-17-13-18(23-19(21)16(17)3)20(4,22)12-6-9-14/h8-9,17-18,22H,3,5-7,10-13H2,1-2,4H3/b14-9-,15-8-/t17-,18-,20+/m0/s1. The van der Waals surface area contributed by atoms with E-state index in [0.717, 1.165) is 32.1 Å². The first-order valence-electron chi connectivity index (χ1n) is 8.73. The average molecular weight is 318 g/mol. The van der Waals surface area contributed by atoms with Crippen LogP contribution in [0.4, 0.5) is 0 Å². The zero-order valence-corrected chi connectivity index (χ0v) is 14.7. The Morgan fingerprint density at radius 1 is 1.22 bits per heavy atom. The van der Waals surface area contributed by atoms with Crippen molar-refractivity contribution < 1.29 is 14.6 Å². The molecular formula is C20H30O3. The third-order valence-corrected chi connectivity index (χ3v) is 5.26. The Morgan fingerprint density at radius 2 is 1.87 bits per heavy atom. The van der Waals surface area contributed by atoms with Gasteiger partial charge >= 0.3 is 5.97 Å². The maximum atomic E-state index is 12.1. The number of esters is 1. The molecular weight excluding hydrogens is 288 g/mol. The smallest absolute Gasteiger partial charge is 0.334 e. The Balaban J connectivity index is 2.21. The lowest BCUT2D eigenvalue weighted by Crippen LogP contribution is -2.47. The van der Waals surface area contributed by atoms with Gasteiger partial charge in [-0.1, -0.05) is 29.9 Å². The van der Waals surface area contributed by atoms with Gasteiger partial charge in [0.05, 0.1) is 5.60 Å². The van der Waals surface area contributed by atoms with Gasteiger partial charge in [0.1, 0.15) is 6.10 Å². The van der Waals surface area contributed by atoms with Gasteiger partial charge in [-0.15, -0.1) is 0 Å². The topological polar surface area (TPSA) is 46.5 Å². The minimum Gasteiger partial charge on any atom is -0.456 e. The summed E-state index contributed by atoms with van der Waals surface area (Å²) in [5, 5.41) is 10.8. The van der Waals surface area contributed by atoms with Crippen molar-refractivity contribution in [3.8, 4) is 0 Å². The van der Waals surface area contributed by atoms with Crippen LogP contribution in [0.3, 0.4) is 0 Å². The van der Waals surface area contributed by atoms with Gasteiger partial charge in [0.15, 0.2) is 0 Å². The predicted molar refractivity (Wildman–Crippen MR) is 93.0 cm³/mol. The number of carbonyl (C=O) groups excluding carboxylic acids is 1. The first kappa shape index (κ1) is 18.0. The van der Waals surface area contributed by atoms with Crippen molar-refractivity contribution in [3.05, 3.63) is 35.5 Å². The monoisotopic (exact) mass is 318 g/mol. The van der Waals surface area contributed by atoms with E-state index in [9.17, 15) is 9.90 Å².